The van der Waals surface area contributed by atoms with Gasteiger partial charge in [0.1, 0.15) is 21.8 Å². The van der Waals surface area contributed by atoms with Crippen LogP contribution in [0.1, 0.15) is 11.1 Å². The fourth-order valence-corrected chi connectivity index (χ4v) is 3.03. The van der Waals surface area contributed by atoms with E-state index in [0.29, 0.717) is 33.6 Å². The van der Waals surface area contributed by atoms with Gasteiger partial charge in [-0.15, -0.1) is 0 Å². The molecule has 0 radical (unpaired) electrons. The van der Waals surface area contributed by atoms with Crippen molar-refractivity contribution in [3.8, 4) is 23.3 Å². The lowest BCUT2D eigenvalue weighted by Gasteiger charge is -2.08. The summed E-state index contributed by atoms with van der Waals surface area (Å²) in [4.78, 5) is 8.24. The molecule has 2 heterocycles. The molecule has 0 fully saturated rings. The maximum Gasteiger partial charge on any atom is 0.220 e. The first-order valence-corrected chi connectivity index (χ1v) is 9.68. The standard InChI is InChI=1S/C23H16Cl2N2O2/c24-20-3-1-5-22(26-20)28-18-11-7-16(8-12-18)15-17-9-13-19(14-10-17)29-23-6-2-4-21(25)27-23/h1-14H,15H2. The van der Waals surface area contributed by atoms with Crippen LogP contribution < -0.4 is 9.47 Å². The lowest BCUT2D eigenvalue weighted by molar-refractivity contribution is 0.463. The SMILES string of the molecule is Clc1cccc(Oc2ccc(Cc3ccc(Oc4cccc(Cl)n4)cc3)cc2)n1. The fourth-order valence-electron chi connectivity index (χ4n) is 2.72. The van der Waals surface area contributed by atoms with E-state index >= 15 is 0 Å². The van der Waals surface area contributed by atoms with Crippen LogP contribution in [-0.2, 0) is 6.42 Å². The van der Waals surface area contributed by atoms with Crippen LogP contribution in [0.25, 0.3) is 0 Å². The second kappa shape index (κ2) is 8.95. The van der Waals surface area contributed by atoms with Crippen LogP contribution in [0.3, 0.4) is 0 Å². The van der Waals surface area contributed by atoms with Crippen LogP contribution in [0.5, 0.6) is 23.3 Å². The van der Waals surface area contributed by atoms with E-state index in [9.17, 15) is 0 Å². The van der Waals surface area contributed by atoms with Crippen LogP contribution >= 0.6 is 23.2 Å². The third kappa shape index (κ3) is 5.47. The Morgan fingerprint density at radius 2 is 0.966 bits per heavy atom. The third-order valence-electron chi connectivity index (χ3n) is 4.08. The normalized spacial score (nSPS) is 10.6. The number of aromatic nitrogens is 2. The Labute approximate surface area is 178 Å². The summed E-state index contributed by atoms with van der Waals surface area (Å²) in [5.74, 6) is 2.35. The smallest absolute Gasteiger partial charge is 0.220 e. The Kier molecular flexibility index (Phi) is 5.94. The van der Waals surface area contributed by atoms with Crippen molar-refractivity contribution < 1.29 is 9.47 Å². The molecule has 0 aliphatic heterocycles. The number of halogens is 2. The number of hydrogen-bond acceptors (Lipinski definition) is 4. The molecule has 4 nitrogen and oxygen atoms in total. The van der Waals surface area contributed by atoms with Crippen molar-refractivity contribution in [1.82, 2.24) is 9.97 Å². The Hall–Kier alpha value is -3.08. The summed E-state index contributed by atoms with van der Waals surface area (Å²) in [6.45, 7) is 0. The zero-order valence-corrected chi connectivity index (χ0v) is 16.8. The number of benzene rings is 2. The largest absolute Gasteiger partial charge is 0.439 e. The minimum atomic E-state index is 0.401. The summed E-state index contributed by atoms with van der Waals surface area (Å²) in [6, 6.07) is 26.3. The molecular formula is C23H16Cl2N2O2. The van der Waals surface area contributed by atoms with E-state index in [-0.39, 0.29) is 0 Å². The zero-order chi connectivity index (χ0) is 20.1. The van der Waals surface area contributed by atoms with Gasteiger partial charge in [-0.3, -0.25) is 0 Å². The highest BCUT2D eigenvalue weighted by atomic mass is 35.5. The van der Waals surface area contributed by atoms with Gasteiger partial charge in [0.15, 0.2) is 0 Å². The number of rotatable bonds is 6. The maximum atomic E-state index is 5.88. The lowest BCUT2D eigenvalue weighted by atomic mass is 10.0. The second-order valence-electron chi connectivity index (χ2n) is 6.27. The average Bonchev–Trinajstić information content (AvgIpc) is 2.71. The summed E-state index contributed by atoms with van der Waals surface area (Å²) < 4.78 is 11.4. The van der Waals surface area contributed by atoms with Crippen molar-refractivity contribution in [2.75, 3.05) is 0 Å². The van der Waals surface area contributed by atoms with Crippen LogP contribution in [0, 0.1) is 0 Å². The summed E-state index contributed by atoms with van der Waals surface area (Å²) in [7, 11) is 0. The quantitative estimate of drug-likeness (QED) is 0.315. The van der Waals surface area contributed by atoms with E-state index in [4.69, 9.17) is 32.7 Å². The molecule has 0 saturated heterocycles. The molecule has 0 unspecified atom stereocenters. The van der Waals surface area contributed by atoms with Gasteiger partial charge in [0.05, 0.1) is 0 Å². The zero-order valence-electron chi connectivity index (χ0n) is 15.3. The van der Waals surface area contributed by atoms with Crippen LogP contribution in [-0.4, -0.2) is 9.97 Å². The van der Waals surface area contributed by atoms with Gasteiger partial charge in [0.25, 0.3) is 0 Å². The highest BCUT2D eigenvalue weighted by molar-refractivity contribution is 6.29. The molecule has 2 aromatic carbocycles. The van der Waals surface area contributed by atoms with Gasteiger partial charge >= 0.3 is 0 Å². The minimum Gasteiger partial charge on any atom is -0.439 e. The highest BCUT2D eigenvalue weighted by Crippen LogP contribution is 2.24. The molecular weight excluding hydrogens is 407 g/mol. The van der Waals surface area contributed by atoms with Gasteiger partial charge in [-0.25, -0.2) is 9.97 Å². The molecule has 4 rings (SSSR count). The van der Waals surface area contributed by atoms with Gasteiger partial charge < -0.3 is 9.47 Å². The first-order chi connectivity index (χ1) is 14.1. The fraction of sp³-hybridized carbons (Fsp3) is 0.0435. The molecule has 0 bridgehead atoms. The van der Waals surface area contributed by atoms with Crippen LogP contribution in [0.15, 0.2) is 84.9 Å². The van der Waals surface area contributed by atoms with Crippen molar-refractivity contribution in [2.45, 2.75) is 6.42 Å². The molecule has 0 aliphatic rings. The van der Waals surface area contributed by atoms with Gasteiger partial charge in [0, 0.05) is 12.1 Å². The van der Waals surface area contributed by atoms with E-state index in [1.165, 1.54) is 11.1 Å². The van der Waals surface area contributed by atoms with Crippen LogP contribution in [0.4, 0.5) is 0 Å². The number of hydrogen-bond donors (Lipinski definition) is 0. The van der Waals surface area contributed by atoms with Crippen molar-refractivity contribution in [2.24, 2.45) is 0 Å². The number of nitrogens with zero attached hydrogens (tertiary/aromatic N) is 2. The van der Waals surface area contributed by atoms with Gasteiger partial charge in [-0.1, -0.05) is 59.6 Å². The van der Waals surface area contributed by atoms with Crippen molar-refractivity contribution >= 4 is 23.2 Å². The highest BCUT2D eigenvalue weighted by Gasteiger charge is 2.03. The maximum absolute atomic E-state index is 5.88. The molecule has 0 atom stereocenters. The van der Waals surface area contributed by atoms with E-state index in [0.717, 1.165) is 6.42 Å². The first kappa shape index (κ1) is 19.2. The molecule has 0 aliphatic carbocycles. The molecule has 0 N–H and O–H groups in total. The van der Waals surface area contributed by atoms with E-state index < -0.39 is 0 Å². The molecule has 144 valence electrons. The number of ether oxygens (including phenoxy) is 2. The van der Waals surface area contributed by atoms with Gasteiger partial charge in [-0.2, -0.15) is 0 Å². The molecule has 4 aromatic rings. The van der Waals surface area contributed by atoms with Gasteiger partial charge in [0.2, 0.25) is 11.8 Å². The Bertz CT molecular complexity index is 1010. The van der Waals surface area contributed by atoms with E-state index in [2.05, 4.69) is 9.97 Å². The molecule has 0 saturated carbocycles. The summed E-state index contributed by atoms with van der Waals surface area (Å²) >= 11 is 11.8. The molecule has 0 amide bonds. The van der Waals surface area contributed by atoms with Gasteiger partial charge in [-0.05, 0) is 53.9 Å². The molecule has 0 spiro atoms. The van der Waals surface area contributed by atoms with Crippen molar-refractivity contribution in [3.05, 3.63) is 106 Å². The first-order valence-electron chi connectivity index (χ1n) is 8.93. The minimum absolute atomic E-state index is 0.401. The Morgan fingerprint density at radius 3 is 1.34 bits per heavy atom. The van der Waals surface area contributed by atoms with Crippen molar-refractivity contribution in [3.63, 3.8) is 0 Å². The van der Waals surface area contributed by atoms with E-state index in [1.807, 2.05) is 48.5 Å². The molecule has 6 heteroatoms. The third-order valence-corrected chi connectivity index (χ3v) is 4.50. The summed E-state index contributed by atoms with van der Waals surface area (Å²) in [5.41, 5.74) is 2.34. The summed E-state index contributed by atoms with van der Waals surface area (Å²) in [6.07, 6.45) is 0.797. The predicted molar refractivity (Wildman–Crippen MR) is 114 cm³/mol. The predicted octanol–water partition coefficient (Wildman–Crippen LogP) is 6.96. The Morgan fingerprint density at radius 1 is 0.552 bits per heavy atom. The summed E-state index contributed by atoms with van der Waals surface area (Å²) in [5, 5.41) is 0.801. The monoisotopic (exact) mass is 422 g/mol. The molecule has 2 aromatic heterocycles. The second-order valence-corrected chi connectivity index (χ2v) is 7.04. The number of pyridine rings is 2. The lowest BCUT2D eigenvalue weighted by Crippen LogP contribution is -1.91. The van der Waals surface area contributed by atoms with Crippen molar-refractivity contribution in [1.29, 1.82) is 0 Å². The molecule has 29 heavy (non-hydrogen) atoms. The Balaban J connectivity index is 1.37. The topological polar surface area (TPSA) is 44.2 Å². The van der Waals surface area contributed by atoms with E-state index in [1.54, 1.807) is 36.4 Å². The van der Waals surface area contributed by atoms with Crippen LogP contribution in [0.2, 0.25) is 10.3 Å². The average molecular weight is 423 g/mol.